The average molecular weight is 301 g/mol. The van der Waals surface area contributed by atoms with E-state index in [4.69, 9.17) is 0 Å². The average Bonchev–Trinajstić information content (AvgIpc) is 2.38. The highest BCUT2D eigenvalue weighted by atomic mass is 32.2. The van der Waals surface area contributed by atoms with Gasteiger partial charge in [-0.05, 0) is 18.1 Å². The van der Waals surface area contributed by atoms with Gasteiger partial charge in [0.15, 0.2) is 0 Å². The summed E-state index contributed by atoms with van der Waals surface area (Å²) in [6.07, 6.45) is 0. The lowest BCUT2D eigenvalue weighted by Crippen LogP contribution is -2.37. The monoisotopic (exact) mass is 300 g/mol. The van der Waals surface area contributed by atoms with Crippen molar-refractivity contribution in [3.8, 4) is 0 Å². The fraction of sp³-hybridized carbons (Fsp3) is 0.333. The second-order valence-corrected chi connectivity index (χ2v) is 12.5. The Hall–Kier alpha value is -0.993. The predicted molar refractivity (Wildman–Crippen MR) is 95.6 cm³/mol. The summed E-state index contributed by atoms with van der Waals surface area (Å²) in [5, 5.41) is 1.55. The van der Waals surface area contributed by atoms with Gasteiger partial charge in [0.05, 0.1) is 8.07 Å². The Bertz CT molecular complexity index is 552. The summed E-state index contributed by atoms with van der Waals surface area (Å²) in [5.41, 5.74) is 4.21. The summed E-state index contributed by atoms with van der Waals surface area (Å²) in [6.45, 7) is 9.35. The second-order valence-electron chi connectivity index (χ2n) is 6.43. The highest BCUT2D eigenvalue weighted by Crippen LogP contribution is 2.18. The SMILES string of the molecule is Cc1cccc(CSCc2ccc([Si](C)(C)C)cc2)c1. The molecule has 0 aliphatic rings. The molecule has 2 heteroatoms. The van der Waals surface area contributed by atoms with Crippen LogP contribution in [0, 0.1) is 6.92 Å². The van der Waals surface area contributed by atoms with Crippen molar-refractivity contribution in [2.45, 2.75) is 38.1 Å². The minimum absolute atomic E-state index is 1.09. The third kappa shape index (κ3) is 4.53. The van der Waals surface area contributed by atoms with E-state index < -0.39 is 8.07 Å². The van der Waals surface area contributed by atoms with Crippen LogP contribution in [-0.2, 0) is 11.5 Å². The molecule has 0 aliphatic heterocycles. The van der Waals surface area contributed by atoms with Gasteiger partial charge in [-0.15, -0.1) is 0 Å². The minimum atomic E-state index is -1.15. The molecule has 0 spiro atoms. The first-order chi connectivity index (χ1) is 9.45. The van der Waals surface area contributed by atoms with Crippen LogP contribution in [-0.4, -0.2) is 8.07 Å². The van der Waals surface area contributed by atoms with Gasteiger partial charge in [-0.2, -0.15) is 11.8 Å². The standard InChI is InChI=1S/C18H24SSi/c1-15-6-5-7-17(12-15)14-19-13-16-8-10-18(11-9-16)20(2,3)4/h5-12H,13-14H2,1-4H3. The number of hydrogen-bond acceptors (Lipinski definition) is 1. The van der Waals surface area contributed by atoms with Crippen LogP contribution in [0.25, 0.3) is 0 Å². The van der Waals surface area contributed by atoms with Crippen molar-refractivity contribution in [2.24, 2.45) is 0 Å². The van der Waals surface area contributed by atoms with Gasteiger partial charge in [0.25, 0.3) is 0 Å². The Morgan fingerprint density at radius 2 is 1.50 bits per heavy atom. The van der Waals surface area contributed by atoms with Gasteiger partial charge in [0.1, 0.15) is 0 Å². The van der Waals surface area contributed by atoms with Gasteiger partial charge < -0.3 is 0 Å². The summed E-state index contributed by atoms with van der Waals surface area (Å²) in [6, 6.07) is 18.1. The van der Waals surface area contributed by atoms with Gasteiger partial charge in [-0.3, -0.25) is 0 Å². The zero-order chi connectivity index (χ0) is 14.6. The number of benzene rings is 2. The summed E-state index contributed by atoms with van der Waals surface area (Å²) < 4.78 is 0. The largest absolute Gasteiger partial charge is 0.152 e. The van der Waals surface area contributed by atoms with E-state index in [0.29, 0.717) is 0 Å². The van der Waals surface area contributed by atoms with Crippen LogP contribution in [0.3, 0.4) is 0 Å². The van der Waals surface area contributed by atoms with E-state index in [1.54, 1.807) is 5.19 Å². The van der Waals surface area contributed by atoms with Gasteiger partial charge in [0.2, 0.25) is 0 Å². The molecule has 106 valence electrons. The third-order valence-electron chi connectivity index (χ3n) is 3.44. The van der Waals surface area contributed by atoms with E-state index in [1.165, 1.54) is 16.7 Å². The molecule has 0 aromatic heterocycles. The number of aryl methyl sites for hydroxylation is 1. The molecule has 0 N–H and O–H groups in total. The first-order valence-electron chi connectivity index (χ1n) is 7.18. The van der Waals surface area contributed by atoms with E-state index >= 15 is 0 Å². The van der Waals surface area contributed by atoms with E-state index in [0.717, 1.165) is 11.5 Å². The van der Waals surface area contributed by atoms with E-state index in [2.05, 4.69) is 75.1 Å². The molecule has 2 aromatic rings. The molecule has 0 radical (unpaired) electrons. The molecule has 0 saturated heterocycles. The van der Waals surface area contributed by atoms with Crippen molar-refractivity contribution in [1.82, 2.24) is 0 Å². The van der Waals surface area contributed by atoms with E-state index in [1.807, 2.05) is 11.8 Å². The van der Waals surface area contributed by atoms with Crippen LogP contribution >= 0.6 is 11.8 Å². The number of hydrogen-bond donors (Lipinski definition) is 0. The van der Waals surface area contributed by atoms with Gasteiger partial charge >= 0.3 is 0 Å². The zero-order valence-corrected chi connectivity index (χ0v) is 14.8. The van der Waals surface area contributed by atoms with E-state index in [-0.39, 0.29) is 0 Å². The minimum Gasteiger partial charge on any atom is -0.152 e. The Morgan fingerprint density at radius 3 is 2.10 bits per heavy atom. The van der Waals surface area contributed by atoms with Gasteiger partial charge in [-0.1, -0.05) is 78.9 Å². The van der Waals surface area contributed by atoms with Crippen LogP contribution in [0.5, 0.6) is 0 Å². The van der Waals surface area contributed by atoms with Crippen LogP contribution in [0.4, 0.5) is 0 Å². The fourth-order valence-corrected chi connectivity index (χ4v) is 4.30. The van der Waals surface area contributed by atoms with Crippen molar-refractivity contribution >= 4 is 25.0 Å². The maximum Gasteiger partial charge on any atom is 0.0775 e. The zero-order valence-electron chi connectivity index (χ0n) is 12.9. The molecule has 0 unspecified atom stereocenters. The molecular formula is C18H24SSi. The lowest BCUT2D eigenvalue weighted by Gasteiger charge is -2.16. The molecule has 0 heterocycles. The normalized spacial score (nSPS) is 11.6. The maximum absolute atomic E-state index is 2.40. The molecular weight excluding hydrogens is 276 g/mol. The lowest BCUT2D eigenvalue weighted by molar-refractivity contribution is 1.33. The predicted octanol–water partition coefficient (Wildman–Crippen LogP) is 4.97. The van der Waals surface area contributed by atoms with Crippen molar-refractivity contribution in [3.05, 3.63) is 65.2 Å². The quantitative estimate of drug-likeness (QED) is 0.702. The molecule has 2 aromatic carbocycles. The molecule has 0 fully saturated rings. The fourth-order valence-electron chi connectivity index (χ4n) is 2.19. The van der Waals surface area contributed by atoms with Crippen LogP contribution in [0.2, 0.25) is 19.6 Å². The topological polar surface area (TPSA) is 0 Å². The Labute approximate surface area is 128 Å². The van der Waals surface area contributed by atoms with Crippen molar-refractivity contribution < 1.29 is 0 Å². The summed E-state index contributed by atoms with van der Waals surface area (Å²) in [7, 11) is -1.15. The molecule has 0 nitrogen and oxygen atoms in total. The van der Waals surface area contributed by atoms with Crippen LogP contribution < -0.4 is 5.19 Å². The third-order valence-corrected chi connectivity index (χ3v) is 6.58. The van der Waals surface area contributed by atoms with Gasteiger partial charge in [0, 0.05) is 11.5 Å². The van der Waals surface area contributed by atoms with E-state index in [9.17, 15) is 0 Å². The molecule has 20 heavy (non-hydrogen) atoms. The van der Waals surface area contributed by atoms with Crippen molar-refractivity contribution in [2.75, 3.05) is 0 Å². The van der Waals surface area contributed by atoms with Crippen LogP contribution in [0.1, 0.15) is 16.7 Å². The maximum atomic E-state index is 2.40. The summed E-state index contributed by atoms with van der Waals surface area (Å²) >= 11 is 1.99. The van der Waals surface area contributed by atoms with Crippen LogP contribution in [0.15, 0.2) is 48.5 Å². The summed E-state index contributed by atoms with van der Waals surface area (Å²) in [4.78, 5) is 0. The first kappa shape index (κ1) is 15.4. The van der Waals surface area contributed by atoms with Crippen molar-refractivity contribution in [3.63, 3.8) is 0 Å². The molecule has 2 rings (SSSR count). The molecule has 0 bridgehead atoms. The number of thioether (sulfide) groups is 1. The Morgan fingerprint density at radius 1 is 0.850 bits per heavy atom. The Kier molecular flexibility index (Phi) is 5.11. The van der Waals surface area contributed by atoms with Gasteiger partial charge in [-0.25, -0.2) is 0 Å². The lowest BCUT2D eigenvalue weighted by atomic mass is 10.2. The number of rotatable bonds is 5. The molecule has 0 aliphatic carbocycles. The molecule has 0 saturated carbocycles. The van der Waals surface area contributed by atoms with Crippen molar-refractivity contribution in [1.29, 1.82) is 0 Å². The Balaban J connectivity index is 1.88. The smallest absolute Gasteiger partial charge is 0.0775 e. The molecule has 0 atom stereocenters. The first-order valence-corrected chi connectivity index (χ1v) is 11.8. The highest BCUT2D eigenvalue weighted by Gasteiger charge is 2.15. The molecule has 0 amide bonds. The summed E-state index contributed by atoms with van der Waals surface area (Å²) in [5.74, 6) is 2.19. The highest BCUT2D eigenvalue weighted by molar-refractivity contribution is 7.97. The second kappa shape index (κ2) is 6.64.